The van der Waals surface area contributed by atoms with Crippen LogP contribution in [0.25, 0.3) is 0 Å². The number of carbonyl (C=O) groups is 3. The molecule has 2 fully saturated rings. The highest BCUT2D eigenvalue weighted by Gasteiger charge is 2.63. The van der Waals surface area contributed by atoms with Crippen LogP contribution < -0.4 is 0 Å². The standard InChI is InChI=1S/C26H44O9S3.C23H34O6S2.C20H32O7S2.2C14H22O5S2/c1-7-9-15-23(36(6,28)29)19-38(32,33)24(16-17-34-25(27)35-26(3,4)5)20-37(30,31)22(8-2)18-21-13-11-10-12-14-21;1-6-17(12-15-10-8-7-9-11-15)31(27,28)20-16-13-18(21(20)30(5,25)26)19(14-16)22(24)29-23(2,3)4;1-6-17(14-16-10-8-7-9-11-16)29(24,25)15-18(28(5,22)23)12-13-26-19(21)27-20(2,3)4;1-4-14(9-12-5-7-13(15)8-6-12)21(18,19)10-11(2)20(3,16)17;1-3-13(9-12-7-5-4-6-8-12)21(18,19)11-14(10-15)20(2,16)17/h10-14,22-24H,7-9,15-20H2,1-6H3;7-11,16-21H,6,12-14H2,1-5H3;7-11,17-18H,6,12-15H2,1-5H3;5-8,11,14-15H,4,9-10H2,1-3H3;4-8,13-15H,3,9-11H2,1-2H3. The fourth-order valence-electron chi connectivity index (χ4n) is 16.4. The van der Waals surface area contributed by atoms with Gasteiger partial charge in [0.2, 0.25) is 0 Å². The van der Waals surface area contributed by atoms with Crippen molar-refractivity contribution in [1.29, 1.82) is 0 Å². The molecular weight excluding hydrogens is 2030 g/mol. The summed E-state index contributed by atoms with van der Waals surface area (Å²) in [5.41, 5.74) is 2.09. The lowest BCUT2D eigenvalue weighted by molar-refractivity contribution is -0.161. The average molecular weight is 2190 g/mol. The number of aliphatic hydroxyl groups is 1. The van der Waals surface area contributed by atoms with E-state index in [1.165, 1.54) is 19.1 Å². The number of fused-ring (bicyclic) bond motifs is 2. The molecule has 43 heteroatoms. The topological polar surface area (TPSA) is 513 Å². The lowest BCUT2D eigenvalue weighted by Gasteiger charge is -2.36. The predicted octanol–water partition coefficient (Wildman–Crippen LogP) is 12.9. The Labute approximate surface area is 837 Å². The molecule has 15 atom stereocenters. The third-order valence-electron chi connectivity index (χ3n) is 24.2. The smallest absolute Gasteiger partial charge is 0.508 e. The SMILES string of the molecule is CCC(Cc1ccc(O)cc1)S(=O)(=O)CC(C)S(C)(=O)=O.CCC(Cc1ccccc1)S(=O)(=O)C1C2CC(C(=O)OC(C)(C)C)C(C2)C1S(C)(=O)=O.CCC(Cc1ccccc1)S(=O)(=O)CC(CCOC(=O)OC(C)(C)C)S(C)(=O)=O.CCC(Cc1ccccc1)S(=O)(=O)CC(CO)S(C)(=O)=O.CCCCC(CS(=O)(=O)C(CCOC(=O)OC(C)(C)C)CS(=O)(=O)C(CC)Cc1ccccc1)S(C)(=O)=O. The number of phenolic OH excluding ortho intramolecular Hbond substituents is 1. The molecule has 2 bridgehead atoms. The number of hydrogen-bond acceptors (Lipinski definition) is 32. The molecule has 15 unspecified atom stereocenters. The molecular formula is C97H154O32S11. The van der Waals surface area contributed by atoms with Crippen LogP contribution in [0.3, 0.4) is 0 Å². The second kappa shape index (κ2) is 55.2. The van der Waals surface area contributed by atoms with Crippen LogP contribution in [0.1, 0.15) is 216 Å². The van der Waals surface area contributed by atoms with Crippen molar-refractivity contribution in [3.05, 3.63) is 173 Å². The van der Waals surface area contributed by atoms with E-state index in [0.717, 1.165) is 59.1 Å². The molecule has 2 aliphatic carbocycles. The minimum Gasteiger partial charge on any atom is -0.508 e. The molecule has 2 saturated carbocycles. The van der Waals surface area contributed by atoms with Crippen LogP contribution in [0, 0.1) is 17.8 Å². The van der Waals surface area contributed by atoms with Gasteiger partial charge in [0.05, 0.1) is 118 Å². The number of sulfone groups is 11. The molecule has 0 spiro atoms. The number of rotatable bonds is 48. The minimum atomic E-state index is -4.21. The molecule has 0 amide bonds. The molecule has 2 aliphatic rings. The van der Waals surface area contributed by atoms with Gasteiger partial charge in [-0.25, -0.2) is 102 Å². The molecule has 140 heavy (non-hydrogen) atoms. The number of benzene rings is 5. The molecule has 32 nitrogen and oxygen atoms in total. The summed E-state index contributed by atoms with van der Waals surface area (Å²) in [6.07, 6.45) is 8.41. The van der Waals surface area contributed by atoms with Crippen molar-refractivity contribution < 1.29 is 141 Å². The summed E-state index contributed by atoms with van der Waals surface area (Å²) in [6, 6.07) is 43.3. The summed E-state index contributed by atoms with van der Waals surface area (Å²) >= 11 is 0. The van der Waals surface area contributed by atoms with E-state index in [0.29, 0.717) is 77.0 Å². The third-order valence-corrected chi connectivity index (χ3v) is 48.2. The van der Waals surface area contributed by atoms with Crippen LogP contribution in [0.5, 0.6) is 5.75 Å². The quantitative estimate of drug-likeness (QED) is 0.0270. The van der Waals surface area contributed by atoms with E-state index in [-0.39, 0.29) is 62.7 Å². The summed E-state index contributed by atoms with van der Waals surface area (Å²) in [5.74, 6) is -4.48. The Morgan fingerprint density at radius 1 is 0.350 bits per heavy atom. The van der Waals surface area contributed by atoms with Crippen molar-refractivity contribution in [3.63, 3.8) is 0 Å². The molecule has 2 N–H and O–H groups in total. The van der Waals surface area contributed by atoms with E-state index in [1.54, 1.807) is 114 Å². The Hall–Kier alpha value is -6.68. The number of unbranched alkanes of at least 4 members (excludes halogenated alkanes) is 1. The van der Waals surface area contributed by atoms with E-state index >= 15 is 0 Å². The number of carbonyl (C=O) groups excluding carboxylic acids is 3. The summed E-state index contributed by atoms with van der Waals surface area (Å²) in [4.78, 5) is 36.3. The first kappa shape index (κ1) is 127. The molecule has 7 rings (SSSR count). The van der Waals surface area contributed by atoms with E-state index in [2.05, 4.69) is 0 Å². The summed E-state index contributed by atoms with van der Waals surface area (Å²) < 4.78 is 303. The summed E-state index contributed by atoms with van der Waals surface area (Å²) in [6.45, 7) is 26.1. The Bertz CT molecular complexity index is 6050. The fourth-order valence-corrected chi connectivity index (χ4v) is 39.7. The number of aromatic hydroxyl groups is 1. The van der Waals surface area contributed by atoms with Gasteiger partial charge in [-0.2, -0.15) is 0 Å². The van der Waals surface area contributed by atoms with Crippen LogP contribution in [-0.4, -0.2) is 281 Å². The zero-order chi connectivity index (χ0) is 107. The molecule has 0 aromatic heterocycles. The van der Waals surface area contributed by atoms with Crippen molar-refractivity contribution in [1.82, 2.24) is 0 Å². The van der Waals surface area contributed by atoms with Crippen LogP contribution in [0.2, 0.25) is 0 Å². The third kappa shape index (κ3) is 44.7. The number of phenols is 1. The lowest BCUT2D eigenvalue weighted by Crippen LogP contribution is -2.51. The van der Waals surface area contributed by atoms with Crippen molar-refractivity contribution in [2.75, 3.05) is 79.9 Å². The highest BCUT2D eigenvalue weighted by Crippen LogP contribution is 2.55. The van der Waals surface area contributed by atoms with Gasteiger partial charge in [0, 0.05) is 31.3 Å². The maximum Gasteiger partial charge on any atom is 0.508 e. The summed E-state index contributed by atoms with van der Waals surface area (Å²) in [5, 5.41) is 7.03. The van der Waals surface area contributed by atoms with E-state index in [9.17, 15) is 112 Å². The van der Waals surface area contributed by atoms with Gasteiger partial charge >= 0.3 is 18.3 Å². The normalized spacial score (nSPS) is 18.5. The molecule has 800 valence electrons. The van der Waals surface area contributed by atoms with Crippen molar-refractivity contribution in [2.45, 2.75) is 300 Å². The second-order valence-corrected chi connectivity index (χ2v) is 65.1. The number of hydrogen-bond donors (Lipinski definition) is 2. The molecule has 0 heterocycles. The molecule has 5 aromatic carbocycles. The maximum atomic E-state index is 13.7. The Morgan fingerprint density at radius 3 is 0.943 bits per heavy atom. The Kier molecular flexibility index (Phi) is 50.3. The van der Waals surface area contributed by atoms with Crippen LogP contribution in [-0.2, 0) is 169 Å². The molecule has 0 aliphatic heterocycles. The van der Waals surface area contributed by atoms with Gasteiger partial charge in [-0.3, -0.25) is 4.79 Å². The van der Waals surface area contributed by atoms with Gasteiger partial charge in [0.25, 0.3) is 0 Å². The second-order valence-electron chi connectivity index (χ2n) is 39.5. The Balaban J connectivity index is 0.000000458. The van der Waals surface area contributed by atoms with Gasteiger partial charge in [-0.05, 0) is 217 Å². The zero-order valence-corrected chi connectivity index (χ0v) is 93.8. The van der Waals surface area contributed by atoms with Crippen molar-refractivity contribution in [2.24, 2.45) is 17.8 Å². The Morgan fingerprint density at radius 2 is 0.643 bits per heavy atom. The average Bonchev–Trinajstić information content (AvgIpc) is 1.55. The molecule has 0 radical (unpaired) electrons. The minimum absolute atomic E-state index is 0.112. The number of aliphatic hydroxyl groups excluding tert-OH is 1. The molecule has 0 saturated heterocycles. The monoisotopic (exact) mass is 2180 g/mol. The zero-order valence-electron chi connectivity index (χ0n) is 84.8. The van der Waals surface area contributed by atoms with Gasteiger partial charge in [0.15, 0.2) is 108 Å². The van der Waals surface area contributed by atoms with Gasteiger partial charge < -0.3 is 33.9 Å². The maximum absolute atomic E-state index is 13.7. The van der Waals surface area contributed by atoms with Crippen molar-refractivity contribution >= 4 is 126 Å². The van der Waals surface area contributed by atoms with E-state index in [4.69, 9.17) is 28.8 Å². The van der Waals surface area contributed by atoms with Gasteiger partial charge in [0.1, 0.15) is 22.6 Å². The first-order valence-corrected chi connectivity index (χ1v) is 66.9. The van der Waals surface area contributed by atoms with Crippen LogP contribution in [0.4, 0.5) is 9.59 Å². The fraction of sp³-hybridized carbons (Fsp3) is 0.660. The van der Waals surface area contributed by atoms with Crippen molar-refractivity contribution in [3.8, 4) is 5.75 Å². The van der Waals surface area contributed by atoms with E-state index < -0.39 is 248 Å². The van der Waals surface area contributed by atoms with Gasteiger partial charge in [-0.1, -0.05) is 188 Å². The largest absolute Gasteiger partial charge is 0.508 e. The number of ether oxygens (including phenoxy) is 5. The first-order chi connectivity index (χ1) is 64.2. The first-order valence-electron chi connectivity index (χ1n) is 46.9. The van der Waals surface area contributed by atoms with E-state index in [1.807, 2.05) is 123 Å². The van der Waals surface area contributed by atoms with Crippen LogP contribution in [0.15, 0.2) is 146 Å². The summed E-state index contributed by atoms with van der Waals surface area (Å²) in [7, 11) is -40.6. The van der Waals surface area contributed by atoms with Crippen LogP contribution >= 0.6 is 0 Å². The highest BCUT2D eigenvalue weighted by atomic mass is 32.2. The lowest BCUT2D eigenvalue weighted by atomic mass is 9.88. The van der Waals surface area contributed by atoms with Gasteiger partial charge in [-0.15, -0.1) is 0 Å². The predicted molar refractivity (Wildman–Crippen MR) is 553 cm³/mol. The highest BCUT2D eigenvalue weighted by molar-refractivity contribution is 7.98. The number of esters is 1. The molecule has 5 aromatic rings.